The fourth-order valence-electron chi connectivity index (χ4n) is 4.01. The molecule has 1 aromatic heterocycles. The minimum atomic E-state index is -0.508. The van der Waals surface area contributed by atoms with Crippen molar-refractivity contribution in [2.45, 2.75) is 18.4 Å². The van der Waals surface area contributed by atoms with Crippen LogP contribution in [0.25, 0.3) is 0 Å². The summed E-state index contributed by atoms with van der Waals surface area (Å²) < 4.78 is 19.0. The number of hydrogen-bond donors (Lipinski definition) is 2. The molecule has 2 N–H and O–H groups in total. The Morgan fingerprint density at radius 3 is 2.59 bits per heavy atom. The number of carbonyl (C=O) groups is 1. The zero-order valence-corrected chi connectivity index (χ0v) is 18.3. The molecule has 0 unspecified atom stereocenters. The maximum absolute atomic E-state index is 13.7. The number of benzene rings is 2. The number of methoxy groups -OCH3 is 1. The normalized spacial score (nSPS) is 18.2. The number of halogens is 2. The second-order valence-electron chi connectivity index (χ2n) is 7.66. The molecule has 0 saturated carbocycles. The van der Waals surface area contributed by atoms with E-state index in [1.807, 2.05) is 24.3 Å². The van der Waals surface area contributed by atoms with Gasteiger partial charge in [-0.1, -0.05) is 23.7 Å². The lowest BCUT2D eigenvalue weighted by Crippen LogP contribution is -2.50. The van der Waals surface area contributed by atoms with Crippen molar-refractivity contribution in [1.82, 2.24) is 10.3 Å². The zero-order valence-electron chi connectivity index (χ0n) is 17.6. The molecule has 2 aromatic carbocycles. The first-order valence-corrected chi connectivity index (χ1v) is 10.7. The Labute approximate surface area is 191 Å². The number of aromatic nitrogens is 1. The van der Waals surface area contributed by atoms with E-state index in [9.17, 15) is 9.18 Å². The standard InChI is InChI=1S/C24H24ClFN4O2/c1-32-20-8-2-16(3-9-20)21-15-30(19-10-12-27-23(26)14-19)13-11-22(21)29-24(31)28-18-6-4-17(25)5-7-18/h2-10,12,14,21-22H,11,13,15H2,1H3,(H2,28,29,31)/t21-,22+/m0/s1. The molecule has 1 saturated heterocycles. The molecule has 0 spiro atoms. The number of anilines is 2. The largest absolute Gasteiger partial charge is 0.497 e. The number of hydrogen-bond acceptors (Lipinski definition) is 4. The average molecular weight is 455 g/mol. The van der Waals surface area contributed by atoms with Gasteiger partial charge in [0.1, 0.15) is 5.75 Å². The lowest BCUT2D eigenvalue weighted by atomic mass is 9.85. The molecule has 2 heterocycles. The number of rotatable bonds is 5. The number of nitrogens with zero attached hydrogens (tertiary/aromatic N) is 2. The van der Waals surface area contributed by atoms with Gasteiger partial charge in [0, 0.05) is 53.7 Å². The van der Waals surface area contributed by atoms with Gasteiger partial charge in [-0.2, -0.15) is 4.39 Å². The monoisotopic (exact) mass is 454 g/mol. The van der Waals surface area contributed by atoms with Crippen LogP contribution in [0.5, 0.6) is 5.75 Å². The van der Waals surface area contributed by atoms with Gasteiger partial charge in [0.05, 0.1) is 7.11 Å². The maximum Gasteiger partial charge on any atom is 0.319 e. The van der Waals surface area contributed by atoms with E-state index in [-0.39, 0.29) is 18.0 Å². The molecule has 2 atom stereocenters. The third-order valence-corrected chi connectivity index (χ3v) is 5.90. The van der Waals surface area contributed by atoms with E-state index in [0.29, 0.717) is 30.2 Å². The van der Waals surface area contributed by atoms with Gasteiger partial charge in [0.25, 0.3) is 0 Å². The Kier molecular flexibility index (Phi) is 6.75. The van der Waals surface area contributed by atoms with Gasteiger partial charge in [0.2, 0.25) is 5.95 Å². The molecule has 166 valence electrons. The fourth-order valence-corrected chi connectivity index (χ4v) is 4.13. The third kappa shape index (κ3) is 5.29. The minimum absolute atomic E-state index is 0.00171. The van der Waals surface area contributed by atoms with Crippen molar-refractivity contribution in [3.05, 3.63) is 83.4 Å². The highest BCUT2D eigenvalue weighted by Crippen LogP contribution is 2.31. The first-order chi connectivity index (χ1) is 15.5. The predicted molar refractivity (Wildman–Crippen MR) is 124 cm³/mol. The quantitative estimate of drug-likeness (QED) is 0.528. The van der Waals surface area contributed by atoms with Gasteiger partial charge < -0.3 is 20.3 Å². The van der Waals surface area contributed by atoms with E-state index in [1.54, 1.807) is 37.4 Å². The van der Waals surface area contributed by atoms with Crippen LogP contribution < -0.4 is 20.3 Å². The van der Waals surface area contributed by atoms with Crippen molar-refractivity contribution < 1.29 is 13.9 Å². The lowest BCUT2D eigenvalue weighted by Gasteiger charge is -2.40. The Morgan fingerprint density at radius 1 is 1.16 bits per heavy atom. The van der Waals surface area contributed by atoms with E-state index in [2.05, 4.69) is 20.5 Å². The van der Waals surface area contributed by atoms with E-state index in [1.165, 1.54) is 12.3 Å². The molecule has 6 nitrogen and oxygen atoms in total. The van der Waals surface area contributed by atoms with E-state index in [0.717, 1.165) is 17.0 Å². The van der Waals surface area contributed by atoms with Crippen LogP contribution in [0.3, 0.4) is 0 Å². The van der Waals surface area contributed by atoms with Gasteiger partial charge >= 0.3 is 6.03 Å². The molecule has 3 aromatic rings. The molecular weight excluding hydrogens is 431 g/mol. The van der Waals surface area contributed by atoms with Gasteiger partial charge in [-0.3, -0.25) is 0 Å². The molecule has 1 aliphatic heterocycles. The molecule has 0 radical (unpaired) electrons. The van der Waals surface area contributed by atoms with E-state index >= 15 is 0 Å². The van der Waals surface area contributed by atoms with Crippen LogP contribution in [-0.2, 0) is 0 Å². The summed E-state index contributed by atoms with van der Waals surface area (Å²) in [6, 6.07) is 17.6. The summed E-state index contributed by atoms with van der Waals surface area (Å²) in [5, 5.41) is 6.58. The number of amides is 2. The van der Waals surface area contributed by atoms with E-state index < -0.39 is 5.95 Å². The van der Waals surface area contributed by atoms with Crippen LogP contribution in [-0.4, -0.2) is 37.3 Å². The number of piperidine rings is 1. The first kappa shape index (κ1) is 21.9. The summed E-state index contributed by atoms with van der Waals surface area (Å²) in [7, 11) is 1.63. The molecule has 2 amide bonds. The van der Waals surface area contributed by atoms with Crippen molar-refractivity contribution in [3.8, 4) is 5.75 Å². The van der Waals surface area contributed by atoms with Gasteiger partial charge in [-0.05, 0) is 54.4 Å². The Morgan fingerprint density at radius 2 is 1.91 bits per heavy atom. The molecule has 32 heavy (non-hydrogen) atoms. The van der Waals surface area contributed by atoms with Crippen molar-refractivity contribution >= 4 is 29.0 Å². The summed E-state index contributed by atoms with van der Waals surface area (Å²) in [6.07, 6.45) is 2.17. The molecule has 8 heteroatoms. The fraction of sp³-hybridized carbons (Fsp3) is 0.250. The van der Waals surface area contributed by atoms with Crippen LogP contribution >= 0.6 is 11.6 Å². The summed E-state index contributed by atoms with van der Waals surface area (Å²) in [4.78, 5) is 18.5. The van der Waals surface area contributed by atoms with Crippen LogP contribution in [0.15, 0.2) is 66.9 Å². The minimum Gasteiger partial charge on any atom is -0.497 e. The highest BCUT2D eigenvalue weighted by atomic mass is 35.5. The Hall–Kier alpha value is -3.32. The summed E-state index contributed by atoms with van der Waals surface area (Å²) in [6.45, 7) is 1.31. The topological polar surface area (TPSA) is 66.5 Å². The first-order valence-electron chi connectivity index (χ1n) is 10.4. The van der Waals surface area contributed by atoms with Gasteiger partial charge in [-0.15, -0.1) is 0 Å². The van der Waals surface area contributed by atoms with Gasteiger partial charge in [-0.25, -0.2) is 9.78 Å². The summed E-state index contributed by atoms with van der Waals surface area (Å²) in [5.41, 5.74) is 2.51. The number of nitrogens with one attached hydrogen (secondary N) is 2. The van der Waals surface area contributed by atoms with Crippen molar-refractivity contribution in [2.75, 3.05) is 30.4 Å². The molecule has 1 fully saturated rings. The number of carbonyl (C=O) groups excluding carboxylic acids is 1. The number of pyridine rings is 1. The van der Waals surface area contributed by atoms with Crippen LogP contribution in [0.2, 0.25) is 5.02 Å². The number of ether oxygens (including phenoxy) is 1. The number of urea groups is 1. The molecule has 1 aliphatic rings. The zero-order chi connectivity index (χ0) is 22.5. The Bertz CT molecular complexity index is 1060. The predicted octanol–water partition coefficient (Wildman–Crippen LogP) is 5.07. The van der Waals surface area contributed by atoms with Crippen molar-refractivity contribution in [3.63, 3.8) is 0 Å². The Balaban J connectivity index is 1.52. The molecule has 0 aliphatic carbocycles. The van der Waals surface area contributed by atoms with Crippen LogP contribution in [0, 0.1) is 5.95 Å². The van der Waals surface area contributed by atoms with Crippen molar-refractivity contribution in [2.24, 2.45) is 0 Å². The summed E-state index contributed by atoms with van der Waals surface area (Å²) >= 11 is 5.92. The second kappa shape index (κ2) is 9.87. The highest BCUT2D eigenvalue weighted by Gasteiger charge is 2.32. The van der Waals surface area contributed by atoms with Crippen LogP contribution in [0.1, 0.15) is 17.9 Å². The summed E-state index contributed by atoms with van der Waals surface area (Å²) in [5.74, 6) is 0.260. The van der Waals surface area contributed by atoms with E-state index in [4.69, 9.17) is 16.3 Å². The SMILES string of the molecule is COc1ccc([C@@H]2CN(c3ccnc(F)c3)CC[C@H]2NC(=O)Nc2ccc(Cl)cc2)cc1. The molecule has 4 rings (SSSR count). The van der Waals surface area contributed by atoms with Crippen molar-refractivity contribution in [1.29, 1.82) is 0 Å². The van der Waals surface area contributed by atoms with Crippen LogP contribution in [0.4, 0.5) is 20.6 Å². The third-order valence-electron chi connectivity index (χ3n) is 5.65. The lowest BCUT2D eigenvalue weighted by molar-refractivity contribution is 0.243. The molecular formula is C24H24ClFN4O2. The molecule has 0 bridgehead atoms. The second-order valence-corrected chi connectivity index (χ2v) is 8.10. The smallest absolute Gasteiger partial charge is 0.319 e. The van der Waals surface area contributed by atoms with Gasteiger partial charge in [0.15, 0.2) is 0 Å². The average Bonchev–Trinajstić information content (AvgIpc) is 2.81. The highest BCUT2D eigenvalue weighted by molar-refractivity contribution is 6.30. The maximum atomic E-state index is 13.7.